The molecule has 1 amide bonds. The van der Waals surface area contributed by atoms with Gasteiger partial charge in [-0.3, -0.25) is 4.84 Å². The van der Waals surface area contributed by atoms with Gasteiger partial charge >= 0.3 is 6.09 Å². The van der Waals surface area contributed by atoms with Crippen LogP contribution >= 0.6 is 0 Å². The van der Waals surface area contributed by atoms with Gasteiger partial charge in [-0.2, -0.15) is 5.06 Å². The minimum atomic E-state index is -0.543. The molecule has 0 spiro atoms. The van der Waals surface area contributed by atoms with Crippen LogP contribution in [0.15, 0.2) is 60.7 Å². The normalized spacial score (nSPS) is 16.1. The van der Waals surface area contributed by atoms with Gasteiger partial charge in [-0.05, 0) is 92.6 Å². The second-order valence-electron chi connectivity index (χ2n) is 12.4. The fourth-order valence-electron chi connectivity index (χ4n) is 5.39. The van der Waals surface area contributed by atoms with Gasteiger partial charge in [-0.1, -0.05) is 42.5 Å². The predicted molar refractivity (Wildman–Crippen MR) is 172 cm³/mol. The van der Waals surface area contributed by atoms with E-state index in [-0.39, 0.29) is 25.5 Å². The van der Waals surface area contributed by atoms with E-state index in [1.54, 1.807) is 11.9 Å². The summed E-state index contributed by atoms with van der Waals surface area (Å²) in [5, 5.41) is 12.3. The van der Waals surface area contributed by atoms with E-state index < -0.39 is 5.60 Å². The lowest BCUT2D eigenvalue weighted by molar-refractivity contribution is -0.182. The molecule has 3 aromatic carbocycles. The van der Waals surface area contributed by atoms with Crippen molar-refractivity contribution < 1.29 is 33.7 Å². The molecule has 0 aromatic heterocycles. The molecule has 2 aliphatic heterocycles. The number of nitrogens with zero attached hydrogens (tertiary/aromatic N) is 2. The van der Waals surface area contributed by atoms with E-state index in [2.05, 4.69) is 18.2 Å². The average molecular weight is 617 g/mol. The highest BCUT2D eigenvalue weighted by Crippen LogP contribution is 2.38. The van der Waals surface area contributed by atoms with Crippen LogP contribution in [0.3, 0.4) is 0 Å². The minimum absolute atomic E-state index is 0.146. The summed E-state index contributed by atoms with van der Waals surface area (Å²) in [6.45, 7) is 9.72. The second kappa shape index (κ2) is 14.4. The van der Waals surface area contributed by atoms with Gasteiger partial charge in [-0.25, -0.2) is 4.79 Å². The maximum atomic E-state index is 12.4. The molecule has 0 bridgehead atoms. The minimum Gasteiger partial charge on any atom is -0.489 e. The summed E-state index contributed by atoms with van der Waals surface area (Å²) in [5.74, 6) is 2.17. The molecule has 0 saturated heterocycles. The summed E-state index contributed by atoms with van der Waals surface area (Å²) in [6.07, 6.45) is 5.26. The largest absolute Gasteiger partial charge is 0.489 e. The smallest absolute Gasteiger partial charge is 0.410 e. The maximum Gasteiger partial charge on any atom is 0.410 e. The van der Waals surface area contributed by atoms with E-state index in [1.807, 2.05) is 81.3 Å². The van der Waals surface area contributed by atoms with Crippen molar-refractivity contribution in [3.05, 3.63) is 94.1 Å². The number of hydrogen-bond donors (Lipinski definition) is 1. The molecular weight excluding hydrogens is 572 g/mol. The van der Waals surface area contributed by atoms with Gasteiger partial charge in [0.15, 0.2) is 11.5 Å². The number of hydroxylamine groups is 2. The number of fused-ring (bicyclic) bond motifs is 2. The van der Waals surface area contributed by atoms with Crippen LogP contribution in [-0.4, -0.2) is 60.3 Å². The first kappa shape index (κ1) is 32.3. The maximum absolute atomic E-state index is 12.4. The first-order valence-corrected chi connectivity index (χ1v) is 15.5. The molecule has 2 heterocycles. The highest BCUT2D eigenvalue weighted by Gasteiger charge is 2.29. The molecule has 1 N–H and O–H groups in total. The van der Waals surface area contributed by atoms with E-state index in [1.165, 1.54) is 0 Å². The van der Waals surface area contributed by atoms with Crippen LogP contribution in [0.1, 0.15) is 66.6 Å². The van der Waals surface area contributed by atoms with Crippen LogP contribution in [0.25, 0.3) is 6.08 Å². The third-order valence-corrected chi connectivity index (χ3v) is 7.78. The molecule has 1 atom stereocenters. The summed E-state index contributed by atoms with van der Waals surface area (Å²) in [4.78, 5) is 20.3. The van der Waals surface area contributed by atoms with Gasteiger partial charge in [0.1, 0.15) is 18.0 Å². The first-order valence-electron chi connectivity index (χ1n) is 15.5. The Bertz CT molecular complexity index is 1500. The Kier molecular flexibility index (Phi) is 10.3. The molecule has 0 fully saturated rings. The van der Waals surface area contributed by atoms with Crippen LogP contribution in [0, 0.1) is 6.92 Å². The lowest BCUT2D eigenvalue weighted by Crippen LogP contribution is -2.37. The number of aliphatic hydroxyl groups excluding tert-OH is 1. The summed E-state index contributed by atoms with van der Waals surface area (Å²) < 4.78 is 22.8. The standard InChI is InChI=1S/C36H44N2O7/c1-25-18-33-34(43-24-42-33)20-27(25)12-13-31-30-19-29(22-39)32(41-23-26-10-7-6-8-11-26)21-28(30)14-16-38(31)44-17-9-15-37(5)35(40)45-36(2,3)4/h6-8,10-13,18-21,31,39H,9,14-17,22-24H2,1-5H3/b13-12+. The van der Waals surface area contributed by atoms with E-state index in [4.69, 9.17) is 23.8 Å². The van der Waals surface area contributed by atoms with Crippen LogP contribution in [0.5, 0.6) is 17.2 Å². The molecular formula is C36H44N2O7. The lowest BCUT2D eigenvalue weighted by atomic mass is 9.90. The molecule has 5 rings (SSSR count). The number of rotatable bonds is 11. The van der Waals surface area contributed by atoms with Crippen LogP contribution in [0.2, 0.25) is 0 Å². The predicted octanol–water partition coefficient (Wildman–Crippen LogP) is 6.60. The van der Waals surface area contributed by atoms with Gasteiger partial charge in [0, 0.05) is 25.7 Å². The SMILES string of the molecule is Cc1cc2c(cc1/C=C/C1c3cc(CO)c(OCc4ccccc4)cc3CCN1OCCCN(C)C(=O)OC(C)(C)C)OCO2. The Morgan fingerprint density at radius 2 is 1.87 bits per heavy atom. The number of carbonyl (C=O) groups is 1. The number of ether oxygens (including phenoxy) is 4. The molecule has 9 heteroatoms. The average Bonchev–Trinajstić information content (AvgIpc) is 3.47. The fourth-order valence-corrected chi connectivity index (χ4v) is 5.39. The number of amides is 1. The fraction of sp³-hybridized carbons (Fsp3) is 0.417. The molecule has 45 heavy (non-hydrogen) atoms. The Hall–Kier alpha value is -4.05. The van der Waals surface area contributed by atoms with Crippen LogP contribution < -0.4 is 14.2 Å². The number of benzene rings is 3. The van der Waals surface area contributed by atoms with E-state index >= 15 is 0 Å². The third-order valence-electron chi connectivity index (χ3n) is 7.78. The van der Waals surface area contributed by atoms with Crippen molar-refractivity contribution in [1.82, 2.24) is 9.96 Å². The first-order chi connectivity index (χ1) is 21.6. The highest BCUT2D eigenvalue weighted by atomic mass is 16.7. The topological polar surface area (TPSA) is 89.9 Å². The Balaban J connectivity index is 1.35. The number of aliphatic hydroxyl groups is 1. The zero-order valence-corrected chi connectivity index (χ0v) is 26.9. The zero-order valence-electron chi connectivity index (χ0n) is 26.9. The van der Waals surface area contributed by atoms with Gasteiger partial charge in [-0.15, -0.1) is 0 Å². The molecule has 0 radical (unpaired) electrons. The van der Waals surface area contributed by atoms with Crippen molar-refractivity contribution in [2.75, 3.05) is 33.5 Å². The lowest BCUT2D eigenvalue weighted by Gasteiger charge is -2.35. The number of aryl methyl sites for hydroxylation is 1. The summed E-state index contributed by atoms with van der Waals surface area (Å²) >= 11 is 0. The van der Waals surface area contributed by atoms with Crippen molar-refractivity contribution in [2.45, 2.75) is 65.4 Å². The van der Waals surface area contributed by atoms with Crippen molar-refractivity contribution >= 4 is 12.2 Å². The van der Waals surface area contributed by atoms with E-state index in [0.29, 0.717) is 38.5 Å². The molecule has 9 nitrogen and oxygen atoms in total. The zero-order chi connectivity index (χ0) is 32.0. The molecule has 0 saturated carbocycles. The number of carbonyl (C=O) groups excluding carboxylic acids is 1. The monoisotopic (exact) mass is 616 g/mol. The molecule has 1 unspecified atom stereocenters. The Morgan fingerprint density at radius 3 is 2.60 bits per heavy atom. The molecule has 3 aromatic rings. The highest BCUT2D eigenvalue weighted by molar-refractivity contribution is 5.67. The van der Waals surface area contributed by atoms with Crippen molar-refractivity contribution in [2.24, 2.45) is 0 Å². The van der Waals surface area contributed by atoms with Gasteiger partial charge in [0.25, 0.3) is 0 Å². The summed E-state index contributed by atoms with van der Waals surface area (Å²) in [7, 11) is 1.73. The second-order valence-corrected chi connectivity index (χ2v) is 12.4. The molecule has 0 aliphatic carbocycles. The van der Waals surface area contributed by atoms with Crippen LogP contribution in [0.4, 0.5) is 4.79 Å². The quantitative estimate of drug-likeness (QED) is 0.241. The number of hydrogen-bond acceptors (Lipinski definition) is 8. The van der Waals surface area contributed by atoms with Crippen molar-refractivity contribution in [1.29, 1.82) is 0 Å². The van der Waals surface area contributed by atoms with Gasteiger partial charge in [0.2, 0.25) is 6.79 Å². The van der Waals surface area contributed by atoms with E-state index in [0.717, 1.165) is 51.3 Å². The van der Waals surface area contributed by atoms with Crippen molar-refractivity contribution in [3.63, 3.8) is 0 Å². The molecule has 2 aliphatic rings. The van der Waals surface area contributed by atoms with Gasteiger partial charge < -0.3 is 29.0 Å². The Labute approximate surface area is 265 Å². The van der Waals surface area contributed by atoms with E-state index in [9.17, 15) is 9.90 Å². The van der Waals surface area contributed by atoms with Crippen molar-refractivity contribution in [3.8, 4) is 17.2 Å². The summed E-state index contributed by atoms with van der Waals surface area (Å²) in [5.41, 5.74) is 5.55. The Morgan fingerprint density at radius 1 is 1.11 bits per heavy atom. The van der Waals surface area contributed by atoms with Gasteiger partial charge in [0.05, 0.1) is 19.3 Å². The summed E-state index contributed by atoms with van der Waals surface area (Å²) in [6, 6.07) is 17.9. The molecule has 240 valence electrons. The van der Waals surface area contributed by atoms with Crippen LogP contribution in [-0.2, 0) is 29.2 Å². The third kappa shape index (κ3) is 8.36.